The molecule has 0 bridgehead atoms. The van der Waals surface area contributed by atoms with E-state index >= 15 is 0 Å². The molecule has 1 saturated heterocycles. The predicted molar refractivity (Wildman–Crippen MR) is 59.4 cm³/mol. The number of amides is 1. The van der Waals surface area contributed by atoms with E-state index in [0.717, 1.165) is 6.42 Å². The molecule has 2 N–H and O–H groups in total. The molecule has 1 fully saturated rings. The Labute approximate surface area is 91.8 Å². The Balaban J connectivity index is 2.41. The van der Waals surface area contributed by atoms with Crippen LogP contribution >= 0.6 is 0 Å². The van der Waals surface area contributed by atoms with E-state index in [1.54, 1.807) is 0 Å². The first-order valence-electron chi connectivity index (χ1n) is 5.72. The minimum atomic E-state index is 0.0819. The quantitative estimate of drug-likeness (QED) is 0.746. The molecule has 15 heavy (non-hydrogen) atoms. The van der Waals surface area contributed by atoms with Gasteiger partial charge in [0.05, 0.1) is 19.3 Å². The van der Waals surface area contributed by atoms with Gasteiger partial charge in [-0.25, -0.2) is 0 Å². The summed E-state index contributed by atoms with van der Waals surface area (Å²) in [6.07, 6.45) is 1.58. The number of rotatable bonds is 4. The van der Waals surface area contributed by atoms with Crippen molar-refractivity contribution in [1.29, 1.82) is 0 Å². The van der Waals surface area contributed by atoms with E-state index in [-0.39, 0.29) is 11.9 Å². The number of hydrogen-bond acceptors (Lipinski definition) is 3. The second-order valence-electron chi connectivity index (χ2n) is 4.48. The Morgan fingerprint density at radius 3 is 2.93 bits per heavy atom. The molecule has 1 heterocycles. The summed E-state index contributed by atoms with van der Waals surface area (Å²) in [4.78, 5) is 13.8. The molecule has 1 atom stereocenters. The van der Waals surface area contributed by atoms with Crippen molar-refractivity contribution >= 4 is 5.91 Å². The molecular formula is C11H22N2O2. The van der Waals surface area contributed by atoms with Crippen molar-refractivity contribution in [2.24, 2.45) is 11.7 Å². The molecule has 1 aliphatic rings. The largest absolute Gasteiger partial charge is 0.377 e. The standard InChI is InChI=1S/C11H22N2O2/c1-9(2)3-4-11(14)13-5-6-15-8-10(13)7-12/h9-10H,3-8,12H2,1-2H3. The van der Waals surface area contributed by atoms with E-state index in [1.807, 2.05) is 4.90 Å². The minimum absolute atomic E-state index is 0.0819. The van der Waals surface area contributed by atoms with E-state index in [9.17, 15) is 4.79 Å². The van der Waals surface area contributed by atoms with Crippen LogP contribution in [0.5, 0.6) is 0 Å². The summed E-state index contributed by atoms with van der Waals surface area (Å²) in [5.74, 6) is 0.800. The topological polar surface area (TPSA) is 55.6 Å². The number of carbonyl (C=O) groups excluding carboxylic acids is 1. The predicted octanol–water partition coefficient (Wildman–Crippen LogP) is 0.609. The van der Waals surface area contributed by atoms with Gasteiger partial charge in [-0.1, -0.05) is 13.8 Å². The number of carbonyl (C=O) groups is 1. The van der Waals surface area contributed by atoms with Crippen LogP contribution in [0.2, 0.25) is 0 Å². The van der Waals surface area contributed by atoms with E-state index in [1.165, 1.54) is 0 Å². The van der Waals surface area contributed by atoms with Gasteiger partial charge in [0.2, 0.25) is 5.91 Å². The second kappa shape index (κ2) is 6.08. The molecule has 0 radical (unpaired) electrons. The first-order valence-corrected chi connectivity index (χ1v) is 5.72. The van der Waals surface area contributed by atoms with E-state index in [2.05, 4.69) is 13.8 Å². The molecule has 4 nitrogen and oxygen atoms in total. The van der Waals surface area contributed by atoms with Crippen molar-refractivity contribution < 1.29 is 9.53 Å². The summed E-state index contributed by atoms with van der Waals surface area (Å²) < 4.78 is 5.31. The monoisotopic (exact) mass is 214 g/mol. The number of hydrogen-bond donors (Lipinski definition) is 1. The maximum Gasteiger partial charge on any atom is 0.223 e. The molecule has 1 aliphatic heterocycles. The molecule has 0 aromatic heterocycles. The normalized spacial score (nSPS) is 22.1. The van der Waals surface area contributed by atoms with Gasteiger partial charge in [-0.15, -0.1) is 0 Å². The highest BCUT2D eigenvalue weighted by atomic mass is 16.5. The maximum atomic E-state index is 11.9. The first kappa shape index (κ1) is 12.5. The molecular weight excluding hydrogens is 192 g/mol. The van der Waals surface area contributed by atoms with Gasteiger partial charge in [0.15, 0.2) is 0 Å². The molecule has 0 spiro atoms. The number of morpholine rings is 1. The maximum absolute atomic E-state index is 11.9. The molecule has 4 heteroatoms. The fraction of sp³-hybridized carbons (Fsp3) is 0.909. The lowest BCUT2D eigenvalue weighted by Crippen LogP contribution is -2.52. The molecule has 1 amide bonds. The average molecular weight is 214 g/mol. The zero-order valence-corrected chi connectivity index (χ0v) is 9.74. The minimum Gasteiger partial charge on any atom is -0.377 e. The van der Waals surface area contributed by atoms with Crippen LogP contribution in [0.4, 0.5) is 0 Å². The van der Waals surface area contributed by atoms with Crippen molar-refractivity contribution in [1.82, 2.24) is 4.90 Å². The summed E-state index contributed by atoms with van der Waals surface area (Å²) >= 11 is 0. The van der Waals surface area contributed by atoms with Crippen LogP contribution in [-0.4, -0.2) is 43.2 Å². The summed E-state index contributed by atoms with van der Waals surface area (Å²) in [6.45, 7) is 6.68. The Bertz CT molecular complexity index is 207. The SMILES string of the molecule is CC(C)CCC(=O)N1CCOCC1CN. The van der Waals surface area contributed by atoms with Gasteiger partial charge in [0, 0.05) is 19.5 Å². The molecule has 0 aromatic carbocycles. The summed E-state index contributed by atoms with van der Waals surface area (Å²) in [5, 5.41) is 0. The lowest BCUT2D eigenvalue weighted by molar-refractivity contribution is -0.139. The Kier molecular flexibility index (Phi) is 5.05. The molecule has 0 aromatic rings. The Morgan fingerprint density at radius 1 is 1.60 bits per heavy atom. The summed E-state index contributed by atoms with van der Waals surface area (Å²) in [7, 11) is 0. The number of nitrogens with two attached hydrogens (primary N) is 1. The summed E-state index contributed by atoms with van der Waals surface area (Å²) in [5.41, 5.74) is 5.61. The summed E-state index contributed by atoms with van der Waals surface area (Å²) in [6, 6.07) is 0.0819. The van der Waals surface area contributed by atoms with Crippen molar-refractivity contribution in [3.8, 4) is 0 Å². The van der Waals surface area contributed by atoms with Crippen LogP contribution in [0.3, 0.4) is 0 Å². The third kappa shape index (κ3) is 3.80. The van der Waals surface area contributed by atoms with Gasteiger partial charge >= 0.3 is 0 Å². The smallest absolute Gasteiger partial charge is 0.223 e. The van der Waals surface area contributed by atoms with Crippen molar-refractivity contribution in [3.05, 3.63) is 0 Å². The van der Waals surface area contributed by atoms with Crippen molar-refractivity contribution in [2.75, 3.05) is 26.3 Å². The first-order chi connectivity index (χ1) is 7.15. The van der Waals surface area contributed by atoms with E-state index < -0.39 is 0 Å². The van der Waals surface area contributed by atoms with Crippen LogP contribution in [0.15, 0.2) is 0 Å². The molecule has 0 aliphatic carbocycles. The van der Waals surface area contributed by atoms with Crippen LogP contribution in [0.1, 0.15) is 26.7 Å². The van der Waals surface area contributed by atoms with Gasteiger partial charge in [0.1, 0.15) is 0 Å². The average Bonchev–Trinajstić information content (AvgIpc) is 2.25. The van der Waals surface area contributed by atoms with Gasteiger partial charge in [0.25, 0.3) is 0 Å². The van der Waals surface area contributed by atoms with Crippen LogP contribution in [0, 0.1) is 5.92 Å². The van der Waals surface area contributed by atoms with E-state index in [0.29, 0.717) is 38.6 Å². The zero-order valence-electron chi connectivity index (χ0n) is 9.74. The third-order valence-electron chi connectivity index (χ3n) is 2.76. The molecule has 0 saturated carbocycles. The van der Waals surface area contributed by atoms with Gasteiger partial charge < -0.3 is 15.4 Å². The Morgan fingerprint density at radius 2 is 2.33 bits per heavy atom. The number of nitrogens with zero attached hydrogens (tertiary/aromatic N) is 1. The lowest BCUT2D eigenvalue weighted by atomic mass is 10.1. The van der Waals surface area contributed by atoms with Gasteiger partial charge in [-0.3, -0.25) is 4.79 Å². The highest BCUT2D eigenvalue weighted by Crippen LogP contribution is 2.11. The lowest BCUT2D eigenvalue weighted by Gasteiger charge is -2.35. The number of ether oxygens (including phenoxy) is 1. The van der Waals surface area contributed by atoms with E-state index in [4.69, 9.17) is 10.5 Å². The fourth-order valence-electron chi connectivity index (χ4n) is 1.73. The fourth-order valence-corrected chi connectivity index (χ4v) is 1.73. The van der Waals surface area contributed by atoms with Crippen molar-refractivity contribution in [2.45, 2.75) is 32.7 Å². The zero-order chi connectivity index (χ0) is 11.3. The second-order valence-corrected chi connectivity index (χ2v) is 4.48. The third-order valence-corrected chi connectivity index (χ3v) is 2.76. The van der Waals surface area contributed by atoms with Gasteiger partial charge in [-0.05, 0) is 12.3 Å². The van der Waals surface area contributed by atoms with Gasteiger partial charge in [-0.2, -0.15) is 0 Å². The van der Waals surface area contributed by atoms with Crippen LogP contribution in [-0.2, 0) is 9.53 Å². The highest BCUT2D eigenvalue weighted by molar-refractivity contribution is 5.76. The molecule has 1 rings (SSSR count). The Hall–Kier alpha value is -0.610. The highest BCUT2D eigenvalue weighted by Gasteiger charge is 2.25. The molecule has 1 unspecified atom stereocenters. The van der Waals surface area contributed by atoms with Crippen molar-refractivity contribution in [3.63, 3.8) is 0 Å². The van der Waals surface area contributed by atoms with Crippen LogP contribution in [0.25, 0.3) is 0 Å². The van der Waals surface area contributed by atoms with Crippen LogP contribution < -0.4 is 5.73 Å². The molecule has 88 valence electrons.